The number of piperazine rings is 1. The molecule has 150 valence electrons. The van der Waals surface area contributed by atoms with Gasteiger partial charge in [0.1, 0.15) is 5.82 Å². The first kappa shape index (κ1) is 19.9. The van der Waals surface area contributed by atoms with Crippen molar-refractivity contribution in [3.8, 4) is 11.3 Å². The van der Waals surface area contributed by atoms with Crippen LogP contribution in [0.5, 0.6) is 0 Å². The molecular weight excluding hydrogens is 354 g/mol. The highest BCUT2D eigenvalue weighted by Crippen LogP contribution is 2.25. The quantitative estimate of drug-likeness (QED) is 0.763. The fourth-order valence-electron chi connectivity index (χ4n) is 3.32. The third kappa shape index (κ3) is 4.52. The minimum absolute atomic E-state index is 0.237. The van der Waals surface area contributed by atoms with E-state index in [-0.39, 0.29) is 6.09 Å². The molecule has 7 heteroatoms. The molecule has 0 N–H and O–H groups in total. The molecule has 2 aromatic rings. The second kappa shape index (κ2) is 9.39. The molecule has 0 radical (unpaired) electrons. The van der Waals surface area contributed by atoms with Gasteiger partial charge in [-0.1, -0.05) is 30.3 Å². The van der Waals surface area contributed by atoms with Crippen LogP contribution in [0.4, 0.5) is 16.6 Å². The Balaban J connectivity index is 1.86. The lowest BCUT2D eigenvalue weighted by molar-refractivity contribution is 0.105. The zero-order chi connectivity index (χ0) is 19.9. The molecule has 1 aromatic heterocycles. The minimum Gasteiger partial charge on any atom is -0.450 e. The molecule has 0 atom stereocenters. The van der Waals surface area contributed by atoms with E-state index in [0.29, 0.717) is 19.7 Å². The Morgan fingerprint density at radius 2 is 1.71 bits per heavy atom. The van der Waals surface area contributed by atoms with E-state index in [1.807, 2.05) is 31.2 Å². The van der Waals surface area contributed by atoms with E-state index >= 15 is 0 Å². The molecule has 0 spiro atoms. The summed E-state index contributed by atoms with van der Waals surface area (Å²) in [7, 11) is 0. The first-order valence-corrected chi connectivity index (χ1v) is 10.0. The van der Waals surface area contributed by atoms with Gasteiger partial charge in [-0.2, -0.15) is 4.98 Å². The predicted molar refractivity (Wildman–Crippen MR) is 112 cm³/mol. The monoisotopic (exact) mass is 383 g/mol. The van der Waals surface area contributed by atoms with Crippen LogP contribution in [0.15, 0.2) is 36.4 Å². The van der Waals surface area contributed by atoms with Crippen molar-refractivity contribution in [2.45, 2.75) is 20.8 Å². The Bertz CT molecular complexity index is 772. The summed E-state index contributed by atoms with van der Waals surface area (Å²) in [6.45, 7) is 10.9. The molecule has 1 amide bonds. The summed E-state index contributed by atoms with van der Waals surface area (Å²) in [5.74, 6) is 1.65. The van der Waals surface area contributed by atoms with E-state index < -0.39 is 0 Å². The van der Waals surface area contributed by atoms with Crippen molar-refractivity contribution < 1.29 is 9.53 Å². The summed E-state index contributed by atoms with van der Waals surface area (Å²) in [6, 6.07) is 12.2. The molecule has 0 aliphatic carbocycles. The summed E-state index contributed by atoms with van der Waals surface area (Å²) in [4.78, 5) is 27.7. The van der Waals surface area contributed by atoms with Crippen molar-refractivity contribution in [3.05, 3.63) is 36.4 Å². The topological polar surface area (TPSA) is 61.8 Å². The van der Waals surface area contributed by atoms with E-state index in [4.69, 9.17) is 14.7 Å². The van der Waals surface area contributed by atoms with Crippen molar-refractivity contribution in [1.29, 1.82) is 0 Å². The van der Waals surface area contributed by atoms with E-state index in [0.717, 1.165) is 49.2 Å². The zero-order valence-electron chi connectivity index (χ0n) is 17.0. The van der Waals surface area contributed by atoms with Crippen molar-refractivity contribution in [2.75, 3.05) is 55.7 Å². The number of nitrogens with zero attached hydrogens (tertiary/aromatic N) is 5. The van der Waals surface area contributed by atoms with Crippen LogP contribution in [-0.4, -0.2) is 66.8 Å². The Hall–Kier alpha value is -2.83. The van der Waals surface area contributed by atoms with Gasteiger partial charge >= 0.3 is 6.09 Å². The average Bonchev–Trinajstić information content (AvgIpc) is 2.75. The number of ether oxygens (including phenoxy) is 1. The summed E-state index contributed by atoms with van der Waals surface area (Å²) in [6.07, 6.45) is -0.237. The van der Waals surface area contributed by atoms with Gasteiger partial charge in [-0.05, 0) is 20.8 Å². The molecular formula is C21H29N5O2. The number of hydrogen-bond acceptors (Lipinski definition) is 6. The van der Waals surface area contributed by atoms with Gasteiger partial charge in [0.15, 0.2) is 0 Å². The number of carbonyl (C=O) groups is 1. The van der Waals surface area contributed by atoms with Crippen LogP contribution in [-0.2, 0) is 4.74 Å². The lowest BCUT2D eigenvalue weighted by atomic mass is 10.1. The fraction of sp³-hybridized carbons (Fsp3) is 0.476. The molecule has 1 aliphatic rings. The molecule has 1 saturated heterocycles. The predicted octanol–water partition coefficient (Wildman–Crippen LogP) is 3.27. The van der Waals surface area contributed by atoms with Crippen LogP contribution >= 0.6 is 0 Å². The van der Waals surface area contributed by atoms with Gasteiger partial charge in [0.05, 0.1) is 12.3 Å². The Morgan fingerprint density at radius 1 is 1.04 bits per heavy atom. The standard InChI is InChI=1S/C21H29N5O2/c1-4-24(5-2)20-22-18(17-10-8-7-9-11-17)16-19(23-20)25-12-14-26(15-13-25)21(27)28-6-3/h7-11,16H,4-6,12-15H2,1-3H3. The molecule has 28 heavy (non-hydrogen) atoms. The molecule has 1 fully saturated rings. The Morgan fingerprint density at radius 3 is 2.32 bits per heavy atom. The maximum Gasteiger partial charge on any atom is 0.409 e. The van der Waals surface area contributed by atoms with Crippen LogP contribution in [0, 0.1) is 0 Å². The van der Waals surface area contributed by atoms with Crippen molar-refractivity contribution in [1.82, 2.24) is 14.9 Å². The summed E-state index contributed by atoms with van der Waals surface area (Å²) in [5.41, 5.74) is 1.99. The van der Waals surface area contributed by atoms with E-state index in [1.54, 1.807) is 4.90 Å². The van der Waals surface area contributed by atoms with Gasteiger partial charge in [-0.25, -0.2) is 9.78 Å². The summed E-state index contributed by atoms with van der Waals surface area (Å²) in [5, 5.41) is 0. The number of amides is 1. The number of carbonyl (C=O) groups excluding carboxylic acids is 1. The van der Waals surface area contributed by atoms with E-state index in [2.05, 4.69) is 35.8 Å². The molecule has 0 unspecified atom stereocenters. The fourth-order valence-corrected chi connectivity index (χ4v) is 3.32. The lowest BCUT2D eigenvalue weighted by Gasteiger charge is -2.35. The maximum absolute atomic E-state index is 12.0. The minimum atomic E-state index is -0.237. The largest absolute Gasteiger partial charge is 0.450 e. The van der Waals surface area contributed by atoms with Gasteiger partial charge in [-0.3, -0.25) is 0 Å². The molecule has 1 aliphatic heterocycles. The van der Waals surface area contributed by atoms with Crippen LogP contribution in [0.3, 0.4) is 0 Å². The normalized spacial score (nSPS) is 14.1. The average molecular weight is 383 g/mol. The van der Waals surface area contributed by atoms with Gasteiger partial charge in [0, 0.05) is 50.9 Å². The highest BCUT2D eigenvalue weighted by molar-refractivity contribution is 5.68. The number of aromatic nitrogens is 2. The number of rotatable bonds is 6. The third-order valence-electron chi connectivity index (χ3n) is 4.95. The maximum atomic E-state index is 12.0. The first-order valence-electron chi connectivity index (χ1n) is 10.0. The van der Waals surface area contributed by atoms with Crippen molar-refractivity contribution in [3.63, 3.8) is 0 Å². The summed E-state index contributed by atoms with van der Waals surface area (Å²) < 4.78 is 5.12. The van der Waals surface area contributed by atoms with E-state index in [1.165, 1.54) is 0 Å². The van der Waals surface area contributed by atoms with Crippen LogP contribution < -0.4 is 9.80 Å². The van der Waals surface area contributed by atoms with E-state index in [9.17, 15) is 4.79 Å². The van der Waals surface area contributed by atoms with Crippen LogP contribution in [0.2, 0.25) is 0 Å². The van der Waals surface area contributed by atoms with Gasteiger partial charge in [0.2, 0.25) is 5.95 Å². The van der Waals surface area contributed by atoms with Gasteiger partial charge in [-0.15, -0.1) is 0 Å². The highest BCUT2D eigenvalue weighted by Gasteiger charge is 2.24. The third-order valence-corrected chi connectivity index (χ3v) is 4.95. The zero-order valence-corrected chi connectivity index (χ0v) is 17.0. The first-order chi connectivity index (χ1) is 13.7. The molecule has 1 aromatic carbocycles. The molecule has 0 saturated carbocycles. The summed E-state index contributed by atoms with van der Waals surface area (Å²) >= 11 is 0. The smallest absolute Gasteiger partial charge is 0.409 e. The van der Waals surface area contributed by atoms with Crippen LogP contribution in [0.1, 0.15) is 20.8 Å². The number of anilines is 2. The Labute approximate surface area is 166 Å². The van der Waals surface area contributed by atoms with Crippen molar-refractivity contribution >= 4 is 17.9 Å². The Kier molecular flexibility index (Phi) is 6.68. The van der Waals surface area contributed by atoms with Crippen LogP contribution in [0.25, 0.3) is 11.3 Å². The highest BCUT2D eigenvalue weighted by atomic mass is 16.6. The molecule has 2 heterocycles. The SMILES string of the molecule is CCOC(=O)N1CCN(c2cc(-c3ccccc3)nc(N(CC)CC)n2)CC1. The van der Waals surface area contributed by atoms with Crippen molar-refractivity contribution in [2.24, 2.45) is 0 Å². The molecule has 0 bridgehead atoms. The second-order valence-electron chi connectivity index (χ2n) is 6.62. The van der Waals surface area contributed by atoms with Gasteiger partial charge in [0.25, 0.3) is 0 Å². The number of hydrogen-bond donors (Lipinski definition) is 0. The number of benzene rings is 1. The lowest BCUT2D eigenvalue weighted by Crippen LogP contribution is -2.49. The molecule has 3 rings (SSSR count). The van der Waals surface area contributed by atoms with Gasteiger partial charge < -0.3 is 19.4 Å². The second-order valence-corrected chi connectivity index (χ2v) is 6.62. The molecule has 7 nitrogen and oxygen atoms in total.